The number of carbonyl (C=O) groups is 1. The van der Waals surface area contributed by atoms with Crippen LogP contribution in [-0.4, -0.2) is 109 Å². The maximum atomic E-state index is 11.4. The second kappa shape index (κ2) is 19.7. The summed E-state index contributed by atoms with van der Waals surface area (Å²) in [6.45, 7) is 15.3. The molecule has 3 atom stereocenters. The molecule has 3 unspecified atom stereocenters. The van der Waals surface area contributed by atoms with Gasteiger partial charge in [0.05, 0.1) is 69.3 Å². The number of aromatic carboxylic acids is 1. The van der Waals surface area contributed by atoms with Crippen LogP contribution in [0.4, 0.5) is 0 Å². The van der Waals surface area contributed by atoms with Gasteiger partial charge in [0.1, 0.15) is 5.69 Å². The Hall–Kier alpha value is -2.47. The Morgan fingerprint density at radius 2 is 1.49 bits per heavy atom. The zero-order chi connectivity index (χ0) is 30.9. The molecule has 1 aliphatic rings. The molecule has 3 heterocycles. The van der Waals surface area contributed by atoms with E-state index in [1.54, 1.807) is 6.07 Å². The number of aromatic nitrogens is 2. The summed E-state index contributed by atoms with van der Waals surface area (Å²) in [5, 5.41) is 9.34. The van der Waals surface area contributed by atoms with Crippen molar-refractivity contribution in [1.29, 1.82) is 0 Å². The first-order valence-corrected chi connectivity index (χ1v) is 15.9. The summed E-state index contributed by atoms with van der Waals surface area (Å²) in [7, 11) is 0. The number of carboxylic acids is 1. The molecule has 240 valence electrons. The highest BCUT2D eigenvalue weighted by Crippen LogP contribution is 2.25. The molecule has 0 aromatic carbocycles. The van der Waals surface area contributed by atoms with E-state index in [1.807, 2.05) is 19.1 Å². The molecular formula is C33H52N4O6. The van der Waals surface area contributed by atoms with Crippen molar-refractivity contribution in [2.24, 2.45) is 0 Å². The van der Waals surface area contributed by atoms with Gasteiger partial charge in [0, 0.05) is 38.4 Å². The van der Waals surface area contributed by atoms with Crippen molar-refractivity contribution in [3.63, 3.8) is 0 Å². The van der Waals surface area contributed by atoms with Gasteiger partial charge in [0.25, 0.3) is 0 Å². The highest BCUT2D eigenvalue weighted by Gasteiger charge is 2.24. The molecule has 2 aromatic heterocycles. The van der Waals surface area contributed by atoms with Gasteiger partial charge in [0.2, 0.25) is 0 Å². The summed E-state index contributed by atoms with van der Waals surface area (Å²) < 4.78 is 24.8. The third-order valence-electron chi connectivity index (χ3n) is 7.78. The van der Waals surface area contributed by atoms with Crippen molar-refractivity contribution in [1.82, 2.24) is 19.8 Å². The Labute approximate surface area is 257 Å². The lowest BCUT2D eigenvalue weighted by Gasteiger charge is -2.33. The fraction of sp³-hybridized carbons (Fsp3) is 0.667. The Kier molecular flexibility index (Phi) is 16.1. The maximum absolute atomic E-state index is 11.4. The highest BCUT2D eigenvalue weighted by molar-refractivity contribution is 5.85. The first kappa shape index (κ1) is 35.0. The predicted molar refractivity (Wildman–Crippen MR) is 166 cm³/mol. The fourth-order valence-electron chi connectivity index (χ4n) is 5.48. The van der Waals surface area contributed by atoms with Gasteiger partial charge in [0.15, 0.2) is 0 Å². The Morgan fingerprint density at radius 3 is 2.14 bits per heavy atom. The van der Waals surface area contributed by atoms with E-state index in [9.17, 15) is 9.90 Å². The van der Waals surface area contributed by atoms with Crippen LogP contribution in [0, 0.1) is 6.92 Å². The molecular weight excluding hydrogens is 548 g/mol. The summed E-state index contributed by atoms with van der Waals surface area (Å²) in [5.41, 5.74) is 2.89. The summed E-state index contributed by atoms with van der Waals surface area (Å²) in [6.07, 6.45) is 3.78. The third kappa shape index (κ3) is 12.2. The Balaban J connectivity index is 1.68. The summed E-state index contributed by atoms with van der Waals surface area (Å²) in [4.78, 5) is 25.2. The topological polar surface area (TPSA) is 106 Å². The minimum atomic E-state index is -1.03. The zero-order valence-electron chi connectivity index (χ0n) is 26.6. The molecule has 0 aliphatic carbocycles. The lowest BCUT2D eigenvalue weighted by Crippen LogP contribution is -2.39. The van der Waals surface area contributed by atoms with Gasteiger partial charge in [-0.05, 0) is 50.5 Å². The molecule has 0 radical (unpaired) electrons. The smallest absolute Gasteiger partial charge is 0.354 e. The van der Waals surface area contributed by atoms with Crippen LogP contribution in [0.5, 0.6) is 0 Å². The van der Waals surface area contributed by atoms with E-state index >= 15 is 0 Å². The normalized spacial score (nSPS) is 22.0. The van der Waals surface area contributed by atoms with Gasteiger partial charge < -0.3 is 24.1 Å². The van der Waals surface area contributed by atoms with Gasteiger partial charge in [-0.1, -0.05) is 39.3 Å². The molecule has 2 aromatic rings. The number of rotatable bonds is 9. The van der Waals surface area contributed by atoms with Crippen LogP contribution in [0.15, 0.2) is 36.4 Å². The van der Waals surface area contributed by atoms with E-state index in [-0.39, 0.29) is 23.9 Å². The van der Waals surface area contributed by atoms with E-state index < -0.39 is 5.97 Å². The molecule has 0 amide bonds. The molecule has 1 N–H and O–H groups in total. The monoisotopic (exact) mass is 600 g/mol. The number of carboxylic acid groups (broad SMARTS) is 1. The Morgan fingerprint density at radius 1 is 0.860 bits per heavy atom. The minimum absolute atomic E-state index is 0.00518. The van der Waals surface area contributed by atoms with Crippen LogP contribution in [0.3, 0.4) is 0 Å². The van der Waals surface area contributed by atoms with E-state index in [2.05, 4.69) is 47.7 Å². The summed E-state index contributed by atoms with van der Waals surface area (Å²) in [5.74, 6) is -1.03. The maximum Gasteiger partial charge on any atom is 0.354 e. The van der Waals surface area contributed by atoms with Crippen molar-refractivity contribution in [2.45, 2.75) is 78.2 Å². The van der Waals surface area contributed by atoms with Crippen molar-refractivity contribution in [3.8, 4) is 0 Å². The molecule has 0 spiro atoms. The van der Waals surface area contributed by atoms with Crippen molar-refractivity contribution in [3.05, 3.63) is 59.2 Å². The van der Waals surface area contributed by atoms with Crippen LogP contribution in [0.1, 0.15) is 80.1 Å². The molecule has 1 fully saturated rings. The second-order valence-electron chi connectivity index (χ2n) is 11.0. The lowest BCUT2D eigenvalue weighted by atomic mass is 10.0. The first-order chi connectivity index (χ1) is 20.9. The number of hydrogen-bond donors (Lipinski definition) is 1. The number of ether oxygens (including phenoxy) is 4. The highest BCUT2D eigenvalue weighted by atomic mass is 16.5. The molecule has 43 heavy (non-hydrogen) atoms. The van der Waals surface area contributed by atoms with Gasteiger partial charge in [-0.25, -0.2) is 9.78 Å². The molecule has 10 nitrogen and oxygen atoms in total. The lowest BCUT2D eigenvalue weighted by molar-refractivity contribution is -0.0860. The van der Waals surface area contributed by atoms with E-state index in [0.29, 0.717) is 65.0 Å². The standard InChI is InChI=1S/C33H52N4O6/c1-5-10-30(28-13-8-11-26(4)34-28)37-17-20-41-24-23-40-19-15-36(25-27-12-9-14-29(35-27)33(38)39)16-21-42-31(6-2)32(7-3)43-22-18-37/h8-9,11-14,30-32H,5-7,10,15-25H2,1-4H3,(H,38,39). The van der Waals surface area contributed by atoms with E-state index in [1.165, 1.54) is 6.07 Å². The first-order valence-electron chi connectivity index (χ1n) is 15.9. The number of aryl methyl sites for hydroxylation is 1. The van der Waals surface area contributed by atoms with Gasteiger partial charge in [-0.15, -0.1) is 0 Å². The molecule has 1 aliphatic heterocycles. The third-order valence-corrected chi connectivity index (χ3v) is 7.78. The van der Waals surface area contributed by atoms with E-state index in [4.69, 9.17) is 23.9 Å². The summed E-state index contributed by atoms with van der Waals surface area (Å²) in [6, 6.07) is 11.6. The van der Waals surface area contributed by atoms with Crippen molar-refractivity contribution < 1.29 is 28.8 Å². The minimum Gasteiger partial charge on any atom is -0.477 e. The largest absolute Gasteiger partial charge is 0.477 e. The molecule has 10 heteroatoms. The Bertz CT molecular complexity index is 1070. The number of pyridine rings is 2. The van der Waals surface area contributed by atoms with Crippen LogP contribution in [0.2, 0.25) is 0 Å². The van der Waals surface area contributed by atoms with Crippen LogP contribution < -0.4 is 0 Å². The SMILES string of the molecule is CCCC(c1cccc(C)n1)N1CCOCCOCCN(Cc2cccc(C(=O)O)n2)CCOC(CC)C(CC)OCC1. The quantitative estimate of drug-likeness (QED) is 0.433. The van der Waals surface area contributed by atoms with Gasteiger partial charge in [-0.2, -0.15) is 0 Å². The molecule has 0 bridgehead atoms. The van der Waals surface area contributed by atoms with Crippen LogP contribution in [0.25, 0.3) is 0 Å². The van der Waals surface area contributed by atoms with Gasteiger partial charge in [-0.3, -0.25) is 14.8 Å². The average Bonchev–Trinajstić information content (AvgIpc) is 3.00. The van der Waals surface area contributed by atoms with Crippen LogP contribution in [-0.2, 0) is 25.5 Å². The zero-order valence-corrected chi connectivity index (χ0v) is 26.6. The average molecular weight is 601 g/mol. The predicted octanol–water partition coefficient (Wildman–Crippen LogP) is 4.77. The molecule has 0 saturated carbocycles. The second-order valence-corrected chi connectivity index (χ2v) is 11.0. The van der Waals surface area contributed by atoms with Crippen LogP contribution >= 0.6 is 0 Å². The molecule has 1 saturated heterocycles. The number of nitrogens with zero attached hydrogens (tertiary/aromatic N) is 4. The van der Waals surface area contributed by atoms with Gasteiger partial charge >= 0.3 is 5.97 Å². The number of hydrogen-bond acceptors (Lipinski definition) is 9. The summed E-state index contributed by atoms with van der Waals surface area (Å²) >= 11 is 0. The molecule has 3 rings (SSSR count). The van der Waals surface area contributed by atoms with Crippen molar-refractivity contribution >= 4 is 5.97 Å². The van der Waals surface area contributed by atoms with E-state index in [0.717, 1.165) is 50.2 Å². The fourth-order valence-corrected chi connectivity index (χ4v) is 5.48. The van der Waals surface area contributed by atoms with Crippen molar-refractivity contribution in [2.75, 3.05) is 65.8 Å².